The number of amides is 3. The molecule has 7 nitrogen and oxygen atoms in total. The van der Waals surface area contributed by atoms with Crippen molar-refractivity contribution in [3.8, 4) is 0 Å². The topological polar surface area (TPSA) is 87.7 Å². The van der Waals surface area contributed by atoms with E-state index in [1.54, 1.807) is 25.7 Å². The standard InChI is InChI=1S/C36H53N3O4/c1-5-6-7-8-9-19-26-39(32(29-22-15-11-16-23-29)33(40)37-30-24-17-12-18-25-30)34(41)31(27-28-20-13-10-14-21-28)38-35(42)43-36(2,3)4/h10-11,13-16,20-23,30-32H,5-9,12,17-19,24-27H2,1-4H3,(H,37,40)(H,38,42). The van der Waals surface area contributed by atoms with Gasteiger partial charge in [-0.25, -0.2) is 4.79 Å². The summed E-state index contributed by atoms with van der Waals surface area (Å²) in [4.78, 5) is 43.4. The Labute approximate surface area is 259 Å². The molecule has 236 valence electrons. The zero-order chi connectivity index (χ0) is 31.1. The fourth-order valence-electron chi connectivity index (χ4n) is 5.76. The minimum Gasteiger partial charge on any atom is -0.444 e. The average molecular weight is 592 g/mol. The Hall–Kier alpha value is -3.35. The fraction of sp³-hybridized carbons (Fsp3) is 0.583. The van der Waals surface area contributed by atoms with E-state index in [-0.39, 0.29) is 24.3 Å². The number of nitrogens with zero attached hydrogens (tertiary/aromatic N) is 1. The molecule has 1 fully saturated rings. The van der Waals surface area contributed by atoms with Crippen LogP contribution < -0.4 is 10.6 Å². The molecule has 0 aromatic heterocycles. The van der Waals surface area contributed by atoms with Crippen LogP contribution in [0.1, 0.15) is 115 Å². The first-order valence-corrected chi connectivity index (χ1v) is 16.4. The van der Waals surface area contributed by atoms with Crippen molar-refractivity contribution < 1.29 is 19.1 Å². The Balaban J connectivity index is 1.95. The fourth-order valence-corrected chi connectivity index (χ4v) is 5.76. The van der Waals surface area contributed by atoms with Gasteiger partial charge in [0.1, 0.15) is 17.7 Å². The van der Waals surface area contributed by atoms with Gasteiger partial charge < -0.3 is 20.3 Å². The van der Waals surface area contributed by atoms with E-state index in [1.807, 2.05) is 60.7 Å². The molecule has 1 saturated carbocycles. The van der Waals surface area contributed by atoms with Crippen molar-refractivity contribution in [2.45, 2.75) is 128 Å². The lowest BCUT2D eigenvalue weighted by Gasteiger charge is -2.36. The van der Waals surface area contributed by atoms with E-state index < -0.39 is 23.8 Å². The molecule has 43 heavy (non-hydrogen) atoms. The van der Waals surface area contributed by atoms with E-state index in [4.69, 9.17) is 4.74 Å². The third kappa shape index (κ3) is 12.0. The van der Waals surface area contributed by atoms with E-state index in [2.05, 4.69) is 17.6 Å². The van der Waals surface area contributed by atoms with Gasteiger partial charge >= 0.3 is 6.09 Å². The number of benzene rings is 2. The van der Waals surface area contributed by atoms with Crippen molar-refractivity contribution in [1.29, 1.82) is 0 Å². The van der Waals surface area contributed by atoms with Gasteiger partial charge in [-0.05, 0) is 51.2 Å². The summed E-state index contributed by atoms with van der Waals surface area (Å²) in [5, 5.41) is 6.15. The minimum absolute atomic E-state index is 0.110. The van der Waals surface area contributed by atoms with Crippen molar-refractivity contribution >= 4 is 17.9 Å². The van der Waals surface area contributed by atoms with Crippen LogP contribution in [0, 0.1) is 0 Å². The van der Waals surface area contributed by atoms with E-state index in [0.717, 1.165) is 62.5 Å². The number of unbranched alkanes of at least 4 members (excludes halogenated alkanes) is 5. The third-order valence-corrected chi connectivity index (χ3v) is 7.93. The maximum atomic E-state index is 14.6. The van der Waals surface area contributed by atoms with Crippen molar-refractivity contribution in [3.05, 3.63) is 71.8 Å². The Kier molecular flexibility index (Phi) is 14.0. The van der Waals surface area contributed by atoms with Crippen LogP contribution in [0.2, 0.25) is 0 Å². The quantitative estimate of drug-likeness (QED) is 0.210. The summed E-state index contributed by atoms with van der Waals surface area (Å²) >= 11 is 0. The van der Waals surface area contributed by atoms with Gasteiger partial charge in [0.15, 0.2) is 0 Å². The summed E-state index contributed by atoms with van der Waals surface area (Å²) in [6.07, 6.45) is 11.3. The van der Waals surface area contributed by atoms with E-state index in [0.29, 0.717) is 6.54 Å². The van der Waals surface area contributed by atoms with Gasteiger partial charge in [0.2, 0.25) is 11.8 Å². The molecule has 1 aliphatic carbocycles. The van der Waals surface area contributed by atoms with Crippen molar-refractivity contribution in [3.63, 3.8) is 0 Å². The van der Waals surface area contributed by atoms with Gasteiger partial charge in [-0.3, -0.25) is 9.59 Å². The Morgan fingerprint density at radius 1 is 0.860 bits per heavy atom. The molecule has 0 bridgehead atoms. The molecule has 0 heterocycles. The van der Waals surface area contributed by atoms with Crippen molar-refractivity contribution in [2.75, 3.05) is 6.54 Å². The first kappa shape index (κ1) is 34.1. The summed E-state index contributed by atoms with van der Waals surface area (Å²) in [5.74, 6) is -0.441. The summed E-state index contributed by atoms with van der Waals surface area (Å²) in [6, 6.07) is 17.6. The first-order chi connectivity index (χ1) is 20.7. The second kappa shape index (κ2) is 17.7. The predicted octanol–water partition coefficient (Wildman–Crippen LogP) is 7.50. The van der Waals surface area contributed by atoms with Crippen LogP contribution in [-0.2, 0) is 20.7 Å². The average Bonchev–Trinajstić information content (AvgIpc) is 2.98. The highest BCUT2D eigenvalue weighted by molar-refractivity contribution is 5.92. The largest absolute Gasteiger partial charge is 0.444 e. The minimum atomic E-state index is -0.897. The van der Waals surface area contributed by atoms with Crippen molar-refractivity contribution in [2.24, 2.45) is 0 Å². The normalized spacial score (nSPS) is 15.3. The number of nitrogens with one attached hydrogen (secondary N) is 2. The van der Waals surface area contributed by atoms with E-state index >= 15 is 0 Å². The molecule has 2 N–H and O–H groups in total. The highest BCUT2D eigenvalue weighted by Crippen LogP contribution is 2.26. The number of alkyl carbamates (subject to hydrolysis) is 1. The number of hydrogen-bond acceptors (Lipinski definition) is 4. The summed E-state index contributed by atoms with van der Waals surface area (Å²) in [6.45, 7) is 8.01. The third-order valence-electron chi connectivity index (χ3n) is 7.93. The van der Waals surface area contributed by atoms with Crippen LogP contribution in [0.15, 0.2) is 60.7 Å². The molecule has 2 atom stereocenters. The number of hydrogen-bond donors (Lipinski definition) is 2. The zero-order valence-corrected chi connectivity index (χ0v) is 26.8. The van der Waals surface area contributed by atoms with Crippen LogP contribution in [0.25, 0.3) is 0 Å². The van der Waals surface area contributed by atoms with E-state index in [1.165, 1.54) is 19.3 Å². The number of carbonyl (C=O) groups is 3. The lowest BCUT2D eigenvalue weighted by atomic mass is 9.94. The number of rotatable bonds is 15. The van der Waals surface area contributed by atoms with Crippen LogP contribution >= 0.6 is 0 Å². The number of carbonyl (C=O) groups excluding carboxylic acids is 3. The lowest BCUT2D eigenvalue weighted by Crippen LogP contribution is -2.54. The SMILES string of the molecule is CCCCCCCCN(C(=O)C(Cc1ccccc1)NC(=O)OC(C)(C)C)C(C(=O)NC1CCCCC1)c1ccccc1. The van der Waals surface area contributed by atoms with Crippen LogP contribution in [0.3, 0.4) is 0 Å². The number of ether oxygens (including phenoxy) is 1. The van der Waals surface area contributed by atoms with Gasteiger partial charge in [-0.1, -0.05) is 119 Å². The molecule has 2 unspecified atom stereocenters. The van der Waals surface area contributed by atoms with Crippen LogP contribution in [0.4, 0.5) is 4.79 Å². The van der Waals surface area contributed by atoms with Crippen LogP contribution in [0.5, 0.6) is 0 Å². The molecule has 2 aromatic rings. The smallest absolute Gasteiger partial charge is 0.408 e. The Bertz CT molecular complexity index is 1110. The van der Waals surface area contributed by atoms with Crippen LogP contribution in [-0.4, -0.2) is 47.0 Å². The molecule has 0 aliphatic heterocycles. The maximum Gasteiger partial charge on any atom is 0.408 e. The summed E-state index contributed by atoms with van der Waals surface area (Å²) in [7, 11) is 0. The maximum absolute atomic E-state index is 14.6. The lowest BCUT2D eigenvalue weighted by molar-refractivity contribution is -0.143. The van der Waals surface area contributed by atoms with Gasteiger partial charge in [0.05, 0.1) is 0 Å². The molecular formula is C36H53N3O4. The molecule has 3 rings (SSSR count). The summed E-state index contributed by atoms with van der Waals surface area (Å²) in [5.41, 5.74) is 0.972. The van der Waals surface area contributed by atoms with Gasteiger partial charge in [-0.2, -0.15) is 0 Å². The summed E-state index contributed by atoms with van der Waals surface area (Å²) < 4.78 is 5.56. The highest BCUT2D eigenvalue weighted by Gasteiger charge is 2.37. The molecule has 2 aromatic carbocycles. The predicted molar refractivity (Wildman–Crippen MR) is 173 cm³/mol. The molecule has 1 aliphatic rings. The molecule has 0 radical (unpaired) electrons. The Morgan fingerprint density at radius 2 is 1.47 bits per heavy atom. The molecular weight excluding hydrogens is 538 g/mol. The molecule has 0 spiro atoms. The van der Waals surface area contributed by atoms with Gasteiger partial charge in [0, 0.05) is 19.0 Å². The van der Waals surface area contributed by atoms with E-state index in [9.17, 15) is 14.4 Å². The zero-order valence-electron chi connectivity index (χ0n) is 26.8. The second-order valence-corrected chi connectivity index (χ2v) is 12.8. The molecule has 7 heteroatoms. The van der Waals surface area contributed by atoms with Crippen molar-refractivity contribution in [1.82, 2.24) is 15.5 Å². The van der Waals surface area contributed by atoms with Gasteiger partial charge in [-0.15, -0.1) is 0 Å². The highest BCUT2D eigenvalue weighted by atomic mass is 16.6. The first-order valence-electron chi connectivity index (χ1n) is 16.4. The second-order valence-electron chi connectivity index (χ2n) is 12.8. The molecule has 3 amide bonds. The Morgan fingerprint density at radius 3 is 2.09 bits per heavy atom. The molecule has 0 saturated heterocycles. The van der Waals surface area contributed by atoms with Gasteiger partial charge in [0.25, 0.3) is 0 Å². The monoisotopic (exact) mass is 591 g/mol.